The first kappa shape index (κ1) is 11.4. The minimum absolute atomic E-state index is 0.222. The minimum Gasteiger partial charge on any atom is -0.468 e. The molecule has 0 aliphatic carbocycles. The van der Waals surface area contributed by atoms with E-state index in [1.165, 1.54) is 7.11 Å². The van der Waals surface area contributed by atoms with Gasteiger partial charge in [0.15, 0.2) is 0 Å². The van der Waals surface area contributed by atoms with Crippen LogP contribution in [0.1, 0.15) is 6.92 Å². The van der Waals surface area contributed by atoms with Crippen molar-refractivity contribution in [3.63, 3.8) is 0 Å². The maximum atomic E-state index is 10.8. The van der Waals surface area contributed by atoms with E-state index in [-0.39, 0.29) is 12.0 Å². The molecule has 0 radical (unpaired) electrons. The monoisotopic (exact) mass is 175 g/mol. The van der Waals surface area contributed by atoms with E-state index in [4.69, 9.17) is 4.74 Å². The molecule has 1 atom stereocenters. The maximum absolute atomic E-state index is 10.8. The lowest BCUT2D eigenvalue weighted by molar-refractivity contribution is -0.142. The van der Waals surface area contributed by atoms with Gasteiger partial charge in [-0.2, -0.15) is 0 Å². The van der Waals surface area contributed by atoms with Gasteiger partial charge in [-0.25, -0.2) is 0 Å². The fourth-order valence-electron chi connectivity index (χ4n) is 0.792. The van der Waals surface area contributed by atoms with E-state index in [2.05, 4.69) is 4.74 Å². The number of esters is 1. The van der Waals surface area contributed by atoms with Crippen LogP contribution in [0.5, 0.6) is 0 Å². The molecular formula is C8H17NO3. The summed E-state index contributed by atoms with van der Waals surface area (Å²) in [6.45, 7) is 2.92. The van der Waals surface area contributed by atoms with Gasteiger partial charge in [0.2, 0.25) is 0 Å². The predicted octanol–water partition coefficient (Wildman–Crippen LogP) is 0.126. The Balaban J connectivity index is 3.69. The Labute approximate surface area is 73.4 Å². The topological polar surface area (TPSA) is 38.8 Å². The summed E-state index contributed by atoms with van der Waals surface area (Å²) in [5, 5.41) is 0. The first-order valence-electron chi connectivity index (χ1n) is 3.87. The average Bonchev–Trinajstić information content (AvgIpc) is 2.04. The molecule has 0 rings (SSSR count). The molecule has 72 valence electrons. The van der Waals surface area contributed by atoms with Gasteiger partial charge in [0, 0.05) is 13.2 Å². The molecule has 0 heterocycles. The highest BCUT2D eigenvalue weighted by Crippen LogP contribution is 1.95. The fourth-order valence-corrected chi connectivity index (χ4v) is 0.792. The molecule has 0 spiro atoms. The molecule has 12 heavy (non-hydrogen) atoms. The first-order valence-corrected chi connectivity index (χ1v) is 3.87. The molecule has 0 bridgehead atoms. The Morgan fingerprint density at radius 3 is 2.50 bits per heavy atom. The zero-order valence-corrected chi connectivity index (χ0v) is 8.16. The molecule has 4 nitrogen and oxygen atoms in total. The molecule has 1 unspecified atom stereocenters. The van der Waals surface area contributed by atoms with E-state index >= 15 is 0 Å². The standard InChI is InChI=1S/C8H17NO3/c1-7(6-11-3)9(2)5-8(10)12-4/h7H,5-6H2,1-4H3. The van der Waals surface area contributed by atoms with E-state index in [1.807, 2.05) is 18.9 Å². The van der Waals surface area contributed by atoms with Gasteiger partial charge in [-0.15, -0.1) is 0 Å². The molecule has 0 aromatic rings. The van der Waals surface area contributed by atoms with Crippen LogP contribution < -0.4 is 0 Å². The van der Waals surface area contributed by atoms with Gasteiger partial charge in [-0.1, -0.05) is 0 Å². The number of hydrogen-bond donors (Lipinski definition) is 0. The van der Waals surface area contributed by atoms with Crippen molar-refractivity contribution in [3.05, 3.63) is 0 Å². The van der Waals surface area contributed by atoms with Crippen LogP contribution in [0.4, 0.5) is 0 Å². The smallest absolute Gasteiger partial charge is 0.319 e. The molecule has 0 aromatic carbocycles. The number of carbonyl (C=O) groups excluding carboxylic acids is 1. The molecule has 0 aliphatic heterocycles. The van der Waals surface area contributed by atoms with Gasteiger partial charge >= 0.3 is 5.97 Å². The molecule has 0 N–H and O–H groups in total. The zero-order valence-electron chi connectivity index (χ0n) is 8.16. The van der Waals surface area contributed by atoms with E-state index in [0.29, 0.717) is 13.2 Å². The molecule has 4 heteroatoms. The summed E-state index contributed by atoms with van der Waals surface area (Å²) in [4.78, 5) is 12.7. The van der Waals surface area contributed by atoms with Gasteiger partial charge in [0.1, 0.15) is 0 Å². The minimum atomic E-state index is -0.222. The Bertz CT molecular complexity index is 138. The molecular weight excluding hydrogens is 158 g/mol. The lowest BCUT2D eigenvalue weighted by Crippen LogP contribution is -2.37. The second-order valence-corrected chi connectivity index (χ2v) is 2.80. The van der Waals surface area contributed by atoms with Gasteiger partial charge in [0.05, 0.1) is 20.3 Å². The van der Waals surface area contributed by atoms with Crippen molar-refractivity contribution in [2.24, 2.45) is 0 Å². The Kier molecular flexibility index (Phi) is 5.66. The summed E-state index contributed by atoms with van der Waals surface area (Å²) in [5.74, 6) is -0.222. The average molecular weight is 175 g/mol. The van der Waals surface area contributed by atoms with Crippen LogP contribution in [-0.4, -0.2) is 51.3 Å². The van der Waals surface area contributed by atoms with E-state index in [0.717, 1.165) is 0 Å². The molecule has 0 aliphatic rings. The number of rotatable bonds is 5. The first-order chi connectivity index (χ1) is 5.61. The number of methoxy groups -OCH3 is 2. The highest BCUT2D eigenvalue weighted by molar-refractivity contribution is 5.71. The lowest BCUT2D eigenvalue weighted by atomic mass is 10.3. The number of ether oxygens (including phenoxy) is 2. The normalized spacial score (nSPS) is 13.1. The fraction of sp³-hybridized carbons (Fsp3) is 0.875. The van der Waals surface area contributed by atoms with Gasteiger partial charge in [0.25, 0.3) is 0 Å². The van der Waals surface area contributed by atoms with Crippen LogP contribution in [0.3, 0.4) is 0 Å². The van der Waals surface area contributed by atoms with Gasteiger partial charge in [-0.05, 0) is 14.0 Å². The molecule has 0 fully saturated rings. The third kappa shape index (κ3) is 4.31. The SMILES string of the molecule is COCC(C)N(C)CC(=O)OC. The van der Waals surface area contributed by atoms with Gasteiger partial charge in [-0.3, -0.25) is 9.69 Å². The van der Waals surface area contributed by atoms with Crippen LogP contribution in [0.25, 0.3) is 0 Å². The summed E-state index contributed by atoms with van der Waals surface area (Å²) >= 11 is 0. The quantitative estimate of drug-likeness (QED) is 0.557. The van der Waals surface area contributed by atoms with E-state index in [1.54, 1.807) is 7.11 Å². The van der Waals surface area contributed by atoms with Crippen LogP contribution >= 0.6 is 0 Å². The second-order valence-electron chi connectivity index (χ2n) is 2.80. The summed E-state index contributed by atoms with van der Waals surface area (Å²) < 4.78 is 9.47. The third-order valence-corrected chi connectivity index (χ3v) is 1.77. The zero-order chi connectivity index (χ0) is 9.56. The lowest BCUT2D eigenvalue weighted by Gasteiger charge is -2.22. The highest BCUT2D eigenvalue weighted by Gasteiger charge is 2.12. The number of hydrogen-bond acceptors (Lipinski definition) is 4. The van der Waals surface area contributed by atoms with Gasteiger partial charge < -0.3 is 9.47 Å². The summed E-state index contributed by atoms with van der Waals surface area (Å²) in [6, 6.07) is 0.231. The van der Waals surface area contributed by atoms with Crippen molar-refractivity contribution >= 4 is 5.97 Å². The summed E-state index contributed by atoms with van der Waals surface area (Å²) in [6.07, 6.45) is 0. The largest absolute Gasteiger partial charge is 0.468 e. The summed E-state index contributed by atoms with van der Waals surface area (Å²) in [5.41, 5.74) is 0. The van der Waals surface area contributed by atoms with Crippen molar-refractivity contribution in [1.29, 1.82) is 0 Å². The van der Waals surface area contributed by atoms with Crippen molar-refractivity contribution in [1.82, 2.24) is 4.90 Å². The van der Waals surface area contributed by atoms with E-state index < -0.39 is 0 Å². The Morgan fingerprint density at radius 2 is 2.08 bits per heavy atom. The van der Waals surface area contributed by atoms with Crippen LogP contribution in [-0.2, 0) is 14.3 Å². The van der Waals surface area contributed by atoms with Crippen molar-refractivity contribution < 1.29 is 14.3 Å². The summed E-state index contributed by atoms with van der Waals surface area (Å²) in [7, 11) is 4.89. The molecule has 0 amide bonds. The molecule has 0 saturated carbocycles. The van der Waals surface area contributed by atoms with Crippen molar-refractivity contribution in [3.8, 4) is 0 Å². The van der Waals surface area contributed by atoms with Crippen molar-refractivity contribution in [2.75, 3.05) is 34.4 Å². The molecule has 0 aromatic heterocycles. The highest BCUT2D eigenvalue weighted by atomic mass is 16.5. The van der Waals surface area contributed by atoms with E-state index in [9.17, 15) is 4.79 Å². The maximum Gasteiger partial charge on any atom is 0.319 e. The number of carbonyl (C=O) groups is 1. The van der Waals surface area contributed by atoms with Crippen molar-refractivity contribution in [2.45, 2.75) is 13.0 Å². The number of nitrogens with zero attached hydrogens (tertiary/aromatic N) is 1. The Hall–Kier alpha value is -0.610. The molecule has 0 saturated heterocycles. The third-order valence-electron chi connectivity index (χ3n) is 1.77. The Morgan fingerprint density at radius 1 is 1.50 bits per heavy atom. The van der Waals surface area contributed by atoms with Crippen LogP contribution in [0, 0.1) is 0 Å². The van der Waals surface area contributed by atoms with Crippen LogP contribution in [0.2, 0.25) is 0 Å². The van der Waals surface area contributed by atoms with Crippen LogP contribution in [0.15, 0.2) is 0 Å². The second kappa shape index (κ2) is 5.97. The predicted molar refractivity (Wildman–Crippen MR) is 46.0 cm³/mol. The number of likely N-dealkylation sites (N-methyl/N-ethyl adjacent to an activating group) is 1.